The summed E-state index contributed by atoms with van der Waals surface area (Å²) in [6.07, 6.45) is 2.81. The van der Waals surface area contributed by atoms with Crippen LogP contribution in [-0.2, 0) is 0 Å². The van der Waals surface area contributed by atoms with Crippen molar-refractivity contribution in [1.29, 1.82) is 0 Å². The van der Waals surface area contributed by atoms with E-state index in [0.717, 1.165) is 25.6 Å². The first-order chi connectivity index (χ1) is 9.38. The second kappa shape index (κ2) is 5.77. The van der Waals surface area contributed by atoms with Gasteiger partial charge in [-0.3, -0.25) is 4.90 Å². The van der Waals surface area contributed by atoms with Crippen molar-refractivity contribution in [2.75, 3.05) is 19.6 Å². The van der Waals surface area contributed by atoms with Crippen molar-refractivity contribution >= 4 is 0 Å². The van der Waals surface area contributed by atoms with Crippen LogP contribution in [0.5, 0.6) is 0 Å². The Morgan fingerprint density at radius 1 is 1.26 bits per heavy atom. The SMILES string of the molecule is CC#CCN1CC(C2CC2)NCC1c1ccccc1. The van der Waals surface area contributed by atoms with E-state index in [9.17, 15) is 0 Å². The van der Waals surface area contributed by atoms with E-state index in [2.05, 4.69) is 52.4 Å². The summed E-state index contributed by atoms with van der Waals surface area (Å²) in [5.41, 5.74) is 1.40. The highest BCUT2D eigenvalue weighted by molar-refractivity contribution is 5.21. The van der Waals surface area contributed by atoms with Crippen LogP contribution >= 0.6 is 0 Å². The number of nitrogens with one attached hydrogen (secondary N) is 1. The third kappa shape index (κ3) is 3.00. The van der Waals surface area contributed by atoms with Crippen LogP contribution in [0, 0.1) is 17.8 Å². The molecule has 1 saturated carbocycles. The molecule has 1 aromatic rings. The maximum atomic E-state index is 3.75. The minimum Gasteiger partial charge on any atom is -0.311 e. The van der Waals surface area contributed by atoms with Gasteiger partial charge in [0.15, 0.2) is 0 Å². The van der Waals surface area contributed by atoms with Gasteiger partial charge in [-0.1, -0.05) is 36.3 Å². The van der Waals surface area contributed by atoms with E-state index in [1.165, 1.54) is 18.4 Å². The molecule has 2 heteroatoms. The minimum atomic E-state index is 0.469. The van der Waals surface area contributed by atoms with Gasteiger partial charge in [-0.2, -0.15) is 0 Å². The maximum absolute atomic E-state index is 3.75. The summed E-state index contributed by atoms with van der Waals surface area (Å²) in [6.45, 7) is 5.01. The van der Waals surface area contributed by atoms with Gasteiger partial charge in [0.25, 0.3) is 0 Å². The smallest absolute Gasteiger partial charge is 0.0607 e. The number of nitrogens with zero attached hydrogens (tertiary/aromatic N) is 1. The van der Waals surface area contributed by atoms with Gasteiger partial charge in [0.2, 0.25) is 0 Å². The fraction of sp³-hybridized carbons (Fsp3) is 0.529. The van der Waals surface area contributed by atoms with E-state index in [1.54, 1.807) is 0 Å². The van der Waals surface area contributed by atoms with Crippen molar-refractivity contribution < 1.29 is 0 Å². The van der Waals surface area contributed by atoms with Crippen LogP contribution in [0.25, 0.3) is 0 Å². The summed E-state index contributed by atoms with van der Waals surface area (Å²) in [5, 5.41) is 3.75. The number of piperazine rings is 1. The zero-order valence-electron chi connectivity index (χ0n) is 11.6. The molecular formula is C17H22N2. The Morgan fingerprint density at radius 3 is 2.74 bits per heavy atom. The molecule has 2 aliphatic rings. The number of benzene rings is 1. The van der Waals surface area contributed by atoms with Gasteiger partial charge < -0.3 is 5.32 Å². The topological polar surface area (TPSA) is 15.3 Å². The molecule has 0 radical (unpaired) electrons. The summed E-state index contributed by atoms with van der Waals surface area (Å²) in [5.74, 6) is 7.19. The lowest BCUT2D eigenvalue weighted by Gasteiger charge is -2.40. The molecule has 1 aliphatic heterocycles. The summed E-state index contributed by atoms with van der Waals surface area (Å²) < 4.78 is 0. The van der Waals surface area contributed by atoms with Crippen LogP contribution in [0.3, 0.4) is 0 Å². The molecule has 0 aromatic heterocycles. The Morgan fingerprint density at radius 2 is 2.05 bits per heavy atom. The first-order valence-corrected chi connectivity index (χ1v) is 7.30. The summed E-state index contributed by atoms with van der Waals surface area (Å²) in [6, 6.07) is 12.0. The molecule has 1 aromatic carbocycles. The van der Waals surface area contributed by atoms with Crippen LogP contribution in [-0.4, -0.2) is 30.6 Å². The second-order valence-electron chi connectivity index (χ2n) is 5.63. The molecule has 100 valence electrons. The molecular weight excluding hydrogens is 232 g/mol. The molecule has 2 unspecified atom stereocenters. The lowest BCUT2D eigenvalue weighted by atomic mass is 9.99. The van der Waals surface area contributed by atoms with Gasteiger partial charge in [0, 0.05) is 25.2 Å². The van der Waals surface area contributed by atoms with Gasteiger partial charge in [0.05, 0.1) is 6.54 Å². The molecule has 3 rings (SSSR count). The Bertz CT molecular complexity index is 467. The predicted molar refractivity (Wildman–Crippen MR) is 78.7 cm³/mol. The third-order valence-electron chi connectivity index (χ3n) is 4.28. The van der Waals surface area contributed by atoms with E-state index in [-0.39, 0.29) is 0 Å². The van der Waals surface area contributed by atoms with Crippen LogP contribution in [0.15, 0.2) is 30.3 Å². The van der Waals surface area contributed by atoms with Crippen LogP contribution in [0.4, 0.5) is 0 Å². The van der Waals surface area contributed by atoms with E-state index >= 15 is 0 Å². The van der Waals surface area contributed by atoms with E-state index in [1.807, 2.05) is 6.92 Å². The highest BCUT2D eigenvalue weighted by Gasteiger charge is 2.37. The first-order valence-electron chi connectivity index (χ1n) is 7.30. The van der Waals surface area contributed by atoms with Crippen molar-refractivity contribution in [2.45, 2.75) is 31.8 Å². The Balaban J connectivity index is 1.75. The van der Waals surface area contributed by atoms with E-state index in [0.29, 0.717) is 12.1 Å². The molecule has 0 spiro atoms. The van der Waals surface area contributed by atoms with Crippen molar-refractivity contribution in [3.05, 3.63) is 35.9 Å². The summed E-state index contributed by atoms with van der Waals surface area (Å²) in [7, 11) is 0. The standard InChI is InChI=1S/C17H22N2/c1-2-3-11-19-13-16(14-9-10-14)18-12-17(19)15-7-5-4-6-8-15/h4-8,14,16-18H,9-13H2,1H3. The fourth-order valence-corrected chi connectivity index (χ4v) is 3.01. The Hall–Kier alpha value is -1.30. The highest BCUT2D eigenvalue weighted by Crippen LogP contribution is 2.36. The predicted octanol–water partition coefficient (Wildman–Crippen LogP) is 2.43. The van der Waals surface area contributed by atoms with E-state index in [4.69, 9.17) is 0 Å². The van der Waals surface area contributed by atoms with Crippen molar-refractivity contribution in [1.82, 2.24) is 10.2 Å². The molecule has 1 aliphatic carbocycles. The Kier molecular flexibility index (Phi) is 3.87. The number of hydrogen-bond acceptors (Lipinski definition) is 2. The highest BCUT2D eigenvalue weighted by atomic mass is 15.2. The summed E-state index contributed by atoms with van der Waals surface area (Å²) in [4.78, 5) is 2.55. The molecule has 2 nitrogen and oxygen atoms in total. The van der Waals surface area contributed by atoms with Crippen molar-refractivity contribution in [3.8, 4) is 11.8 Å². The molecule has 1 saturated heterocycles. The fourth-order valence-electron chi connectivity index (χ4n) is 3.01. The molecule has 0 bridgehead atoms. The van der Waals surface area contributed by atoms with Gasteiger partial charge in [-0.05, 0) is 31.2 Å². The van der Waals surface area contributed by atoms with Gasteiger partial charge in [0.1, 0.15) is 0 Å². The van der Waals surface area contributed by atoms with Crippen LogP contribution in [0.1, 0.15) is 31.4 Å². The average molecular weight is 254 g/mol. The monoisotopic (exact) mass is 254 g/mol. The molecule has 19 heavy (non-hydrogen) atoms. The molecule has 1 N–H and O–H groups in total. The first kappa shape index (κ1) is 12.7. The quantitative estimate of drug-likeness (QED) is 0.834. The number of rotatable bonds is 3. The van der Waals surface area contributed by atoms with Gasteiger partial charge in [-0.25, -0.2) is 0 Å². The van der Waals surface area contributed by atoms with E-state index < -0.39 is 0 Å². The normalized spacial score (nSPS) is 27.6. The maximum Gasteiger partial charge on any atom is 0.0607 e. The Labute approximate surface area is 116 Å². The average Bonchev–Trinajstić information content (AvgIpc) is 3.30. The zero-order valence-corrected chi connectivity index (χ0v) is 11.6. The lowest BCUT2D eigenvalue weighted by molar-refractivity contribution is 0.139. The van der Waals surface area contributed by atoms with Gasteiger partial charge >= 0.3 is 0 Å². The molecule has 2 fully saturated rings. The van der Waals surface area contributed by atoms with Gasteiger partial charge in [-0.15, -0.1) is 5.92 Å². The largest absolute Gasteiger partial charge is 0.311 e. The molecule has 2 atom stereocenters. The van der Waals surface area contributed by atoms with Crippen molar-refractivity contribution in [3.63, 3.8) is 0 Å². The molecule has 0 amide bonds. The zero-order chi connectivity index (χ0) is 13.1. The third-order valence-corrected chi connectivity index (χ3v) is 4.28. The minimum absolute atomic E-state index is 0.469. The molecule has 1 heterocycles. The second-order valence-corrected chi connectivity index (χ2v) is 5.63. The van der Waals surface area contributed by atoms with Crippen LogP contribution < -0.4 is 5.32 Å². The van der Waals surface area contributed by atoms with Crippen LogP contribution in [0.2, 0.25) is 0 Å². The lowest BCUT2D eigenvalue weighted by Crippen LogP contribution is -2.53. The van der Waals surface area contributed by atoms with Crippen molar-refractivity contribution in [2.24, 2.45) is 5.92 Å². The summed E-state index contributed by atoms with van der Waals surface area (Å²) >= 11 is 0. The number of hydrogen-bond donors (Lipinski definition) is 1.